The zero-order valence-corrected chi connectivity index (χ0v) is 17.3. The molecule has 0 aromatic heterocycles. The molecule has 2 amide bonds. The first-order valence-corrected chi connectivity index (χ1v) is 9.90. The molecule has 0 fully saturated rings. The fourth-order valence-electron chi connectivity index (χ4n) is 3.50. The second-order valence-corrected chi connectivity index (χ2v) is 7.61. The summed E-state index contributed by atoms with van der Waals surface area (Å²) in [5, 5.41) is 2.88. The Morgan fingerprint density at radius 1 is 1.13 bits per heavy atom. The van der Waals surface area contributed by atoms with Gasteiger partial charge in [0.1, 0.15) is 5.75 Å². The number of carbonyl (C=O) groups is 2. The fourth-order valence-corrected chi connectivity index (χ4v) is 3.50. The number of ether oxygens (including phenoxy) is 3. The van der Waals surface area contributed by atoms with E-state index >= 15 is 0 Å². The fraction of sp³-hybridized carbons (Fsp3) is 0.364. The van der Waals surface area contributed by atoms with Gasteiger partial charge in [-0.15, -0.1) is 0 Å². The molecule has 2 aromatic carbocycles. The molecule has 158 valence electrons. The number of anilines is 2. The molecule has 0 aliphatic carbocycles. The third kappa shape index (κ3) is 4.04. The third-order valence-electron chi connectivity index (χ3n) is 5.05. The minimum absolute atomic E-state index is 0.0829. The van der Waals surface area contributed by atoms with Gasteiger partial charge in [0.2, 0.25) is 6.79 Å². The maximum atomic E-state index is 12.7. The summed E-state index contributed by atoms with van der Waals surface area (Å²) in [6.07, 6.45) is 0.296. The second kappa shape index (κ2) is 8.23. The van der Waals surface area contributed by atoms with Crippen LogP contribution in [0.25, 0.3) is 0 Å². The Morgan fingerprint density at radius 3 is 2.70 bits per heavy atom. The first kappa shape index (κ1) is 20.0. The number of hydrogen-bond donors (Lipinski definition) is 1. The van der Waals surface area contributed by atoms with Crippen molar-refractivity contribution in [2.75, 3.05) is 44.2 Å². The van der Waals surface area contributed by atoms with Crippen LogP contribution in [-0.4, -0.2) is 56.8 Å². The third-order valence-corrected chi connectivity index (χ3v) is 5.05. The molecule has 1 unspecified atom stereocenters. The van der Waals surface area contributed by atoms with Crippen molar-refractivity contribution in [3.05, 3.63) is 42.0 Å². The van der Waals surface area contributed by atoms with Crippen LogP contribution in [-0.2, 0) is 4.79 Å². The zero-order chi connectivity index (χ0) is 21.3. The van der Waals surface area contributed by atoms with Crippen LogP contribution in [0.2, 0.25) is 0 Å². The molecule has 0 saturated heterocycles. The van der Waals surface area contributed by atoms with Crippen molar-refractivity contribution in [2.45, 2.75) is 19.4 Å². The number of rotatable bonds is 6. The summed E-state index contributed by atoms with van der Waals surface area (Å²) < 4.78 is 16.4. The Bertz CT molecular complexity index is 975. The van der Waals surface area contributed by atoms with Crippen molar-refractivity contribution in [1.29, 1.82) is 0 Å². The molecule has 8 heteroatoms. The average molecular weight is 411 g/mol. The maximum absolute atomic E-state index is 12.7. The predicted molar refractivity (Wildman–Crippen MR) is 113 cm³/mol. The molecule has 30 heavy (non-hydrogen) atoms. The Labute approximate surface area is 175 Å². The lowest BCUT2D eigenvalue weighted by Crippen LogP contribution is -2.45. The zero-order valence-electron chi connectivity index (χ0n) is 17.3. The topological polar surface area (TPSA) is 80.3 Å². The summed E-state index contributed by atoms with van der Waals surface area (Å²) >= 11 is 0. The summed E-state index contributed by atoms with van der Waals surface area (Å²) in [7, 11) is 4.00. The van der Waals surface area contributed by atoms with Crippen molar-refractivity contribution < 1.29 is 23.8 Å². The van der Waals surface area contributed by atoms with Gasteiger partial charge in [-0.25, -0.2) is 0 Å². The molecule has 2 heterocycles. The second-order valence-electron chi connectivity index (χ2n) is 7.61. The molecule has 0 bridgehead atoms. The Kier molecular flexibility index (Phi) is 5.50. The molecule has 8 nitrogen and oxygen atoms in total. The van der Waals surface area contributed by atoms with Crippen molar-refractivity contribution >= 4 is 23.2 Å². The molecular formula is C22H25N3O5. The van der Waals surface area contributed by atoms with E-state index in [0.717, 1.165) is 13.0 Å². The number of nitrogens with one attached hydrogen (secondary N) is 1. The van der Waals surface area contributed by atoms with Gasteiger partial charge in [-0.05, 0) is 70.4 Å². The van der Waals surface area contributed by atoms with Crippen LogP contribution < -0.4 is 24.4 Å². The number of carbonyl (C=O) groups excluding carboxylic acids is 2. The Hall–Kier alpha value is -3.26. The monoisotopic (exact) mass is 411 g/mol. The highest BCUT2D eigenvalue weighted by molar-refractivity contribution is 6.06. The van der Waals surface area contributed by atoms with Crippen molar-refractivity contribution in [2.24, 2.45) is 0 Å². The van der Waals surface area contributed by atoms with E-state index in [0.29, 0.717) is 40.7 Å². The molecule has 0 spiro atoms. The first-order chi connectivity index (χ1) is 14.4. The van der Waals surface area contributed by atoms with E-state index in [9.17, 15) is 9.59 Å². The molecule has 2 aliphatic rings. The molecule has 1 N–H and O–H groups in total. The average Bonchev–Trinajstić information content (AvgIpc) is 3.19. The van der Waals surface area contributed by atoms with Gasteiger partial charge in [-0.3, -0.25) is 9.59 Å². The number of hydrogen-bond acceptors (Lipinski definition) is 6. The van der Waals surface area contributed by atoms with E-state index in [2.05, 4.69) is 10.2 Å². The standard InChI is InChI=1S/C22H25N3O5/c1-14-22(27)25(10-4-9-24(2)3)17-12-16(6-8-18(17)30-14)23-21(26)15-5-7-19-20(11-15)29-13-28-19/h5-8,11-12,14H,4,9-10,13H2,1-3H3,(H,23,26). The predicted octanol–water partition coefficient (Wildman–Crippen LogP) is 2.73. The van der Waals surface area contributed by atoms with Gasteiger partial charge in [0, 0.05) is 17.8 Å². The first-order valence-electron chi connectivity index (χ1n) is 9.90. The van der Waals surface area contributed by atoms with Crippen LogP contribution in [0.3, 0.4) is 0 Å². The lowest BCUT2D eigenvalue weighted by atomic mass is 10.1. The van der Waals surface area contributed by atoms with E-state index in [1.807, 2.05) is 14.1 Å². The lowest BCUT2D eigenvalue weighted by Gasteiger charge is -2.33. The number of fused-ring (bicyclic) bond motifs is 2. The highest BCUT2D eigenvalue weighted by Gasteiger charge is 2.31. The minimum Gasteiger partial charge on any atom is -0.479 e. The van der Waals surface area contributed by atoms with Gasteiger partial charge in [0.25, 0.3) is 11.8 Å². The Morgan fingerprint density at radius 2 is 1.90 bits per heavy atom. The largest absolute Gasteiger partial charge is 0.479 e. The molecule has 1 atom stereocenters. The van der Waals surface area contributed by atoms with Crippen LogP contribution in [0.4, 0.5) is 11.4 Å². The summed E-state index contributed by atoms with van der Waals surface area (Å²) in [6, 6.07) is 10.4. The lowest BCUT2D eigenvalue weighted by molar-refractivity contribution is -0.125. The van der Waals surface area contributed by atoms with Crippen molar-refractivity contribution in [3.63, 3.8) is 0 Å². The molecular weight excluding hydrogens is 386 g/mol. The van der Waals surface area contributed by atoms with Gasteiger partial charge >= 0.3 is 0 Å². The van der Waals surface area contributed by atoms with Gasteiger partial charge in [-0.2, -0.15) is 0 Å². The molecule has 2 aliphatic heterocycles. The smallest absolute Gasteiger partial charge is 0.267 e. The van der Waals surface area contributed by atoms with Crippen molar-refractivity contribution in [1.82, 2.24) is 4.90 Å². The minimum atomic E-state index is -0.536. The van der Waals surface area contributed by atoms with Crippen LogP contribution in [0.15, 0.2) is 36.4 Å². The number of amides is 2. The molecule has 2 aromatic rings. The summed E-state index contributed by atoms with van der Waals surface area (Å²) in [5.74, 6) is 1.45. The highest BCUT2D eigenvalue weighted by atomic mass is 16.7. The van der Waals surface area contributed by atoms with Crippen LogP contribution in [0.5, 0.6) is 17.2 Å². The van der Waals surface area contributed by atoms with Gasteiger partial charge in [0.15, 0.2) is 17.6 Å². The van der Waals surface area contributed by atoms with E-state index in [1.54, 1.807) is 48.2 Å². The van der Waals surface area contributed by atoms with Gasteiger partial charge in [-0.1, -0.05) is 0 Å². The van der Waals surface area contributed by atoms with E-state index in [1.165, 1.54) is 0 Å². The summed E-state index contributed by atoms with van der Waals surface area (Å²) in [4.78, 5) is 29.2. The molecule has 4 rings (SSSR count). The molecule has 0 saturated carbocycles. The van der Waals surface area contributed by atoms with Gasteiger partial charge in [0.05, 0.1) is 5.69 Å². The van der Waals surface area contributed by atoms with E-state index in [4.69, 9.17) is 14.2 Å². The number of benzene rings is 2. The number of nitrogens with zero attached hydrogens (tertiary/aromatic N) is 2. The molecule has 0 radical (unpaired) electrons. The van der Waals surface area contributed by atoms with E-state index in [-0.39, 0.29) is 18.6 Å². The van der Waals surface area contributed by atoms with Crippen molar-refractivity contribution in [3.8, 4) is 17.2 Å². The summed E-state index contributed by atoms with van der Waals surface area (Å²) in [5.41, 5.74) is 1.71. The quantitative estimate of drug-likeness (QED) is 0.787. The van der Waals surface area contributed by atoms with Crippen LogP contribution in [0.1, 0.15) is 23.7 Å². The van der Waals surface area contributed by atoms with Crippen LogP contribution in [0, 0.1) is 0 Å². The van der Waals surface area contributed by atoms with Crippen LogP contribution >= 0.6 is 0 Å². The Balaban J connectivity index is 1.53. The highest BCUT2D eigenvalue weighted by Crippen LogP contribution is 2.37. The van der Waals surface area contributed by atoms with E-state index < -0.39 is 6.10 Å². The van der Waals surface area contributed by atoms with Gasteiger partial charge < -0.3 is 29.3 Å². The normalized spacial score (nSPS) is 17.0. The summed E-state index contributed by atoms with van der Waals surface area (Å²) in [6.45, 7) is 3.35. The maximum Gasteiger partial charge on any atom is 0.267 e. The SMILES string of the molecule is CC1Oc2ccc(NC(=O)c3ccc4c(c3)OCO4)cc2N(CCCN(C)C)C1=O.